The van der Waals surface area contributed by atoms with Crippen LogP contribution in [0.1, 0.15) is 23.2 Å². The molecule has 66 heavy (non-hydrogen) atoms. The number of nitrogens with two attached hydrogens (primary N) is 1. The van der Waals surface area contributed by atoms with Crippen molar-refractivity contribution < 1.29 is 72.6 Å². The molecule has 11 N–H and O–H groups in total. The number of nitrogens with one attached hydrogen (secondary N) is 5. The minimum Gasteiger partial charge on any atom is -0.508 e. The molecular weight excluding hydrogens is 909 g/mol. The number of thiol groups is 1. The van der Waals surface area contributed by atoms with Gasteiger partial charge in [-0.25, -0.2) is 9.59 Å². The molecule has 22 nitrogen and oxygen atoms in total. The van der Waals surface area contributed by atoms with Gasteiger partial charge in [-0.3, -0.25) is 24.0 Å². The first-order chi connectivity index (χ1) is 31.6. The van der Waals surface area contributed by atoms with Crippen molar-refractivity contribution in [2.24, 2.45) is 5.73 Å². The summed E-state index contributed by atoms with van der Waals surface area (Å²) in [5.74, 6) is -6.60. The number of phenolic OH excluding ortho intramolecular Hbond substituents is 1. The van der Waals surface area contributed by atoms with Crippen molar-refractivity contribution in [1.29, 1.82) is 0 Å². The molecular formula is C42H50N6O16S2. The zero-order chi connectivity index (χ0) is 48.2. The monoisotopic (exact) mass is 958 g/mol. The van der Waals surface area contributed by atoms with Gasteiger partial charge in [-0.05, 0) is 54.2 Å². The summed E-state index contributed by atoms with van der Waals surface area (Å²) >= 11 is 9.20. The van der Waals surface area contributed by atoms with Gasteiger partial charge in [0.25, 0.3) is 0 Å². The number of amides is 3. The Morgan fingerprint density at radius 1 is 0.758 bits per heavy atom. The van der Waals surface area contributed by atoms with Crippen LogP contribution in [-0.4, -0.2) is 151 Å². The number of aliphatic carboxylic acids is 2. The molecule has 1 aliphatic heterocycles. The number of thiocarbonyl (C=S) groups is 1. The van der Waals surface area contributed by atoms with Crippen LogP contribution in [0.15, 0.2) is 63.8 Å². The van der Waals surface area contributed by atoms with Crippen molar-refractivity contribution in [3.63, 3.8) is 0 Å². The number of hydrogen-bond acceptors (Lipinski definition) is 16. The van der Waals surface area contributed by atoms with Crippen molar-refractivity contribution in [3.05, 3.63) is 70.4 Å². The molecule has 0 bridgehead atoms. The summed E-state index contributed by atoms with van der Waals surface area (Å²) < 4.78 is 27.7. The molecule has 2 aromatic carbocycles. The highest BCUT2D eigenvalue weighted by Gasteiger charge is 2.29. The van der Waals surface area contributed by atoms with Crippen LogP contribution in [-0.2, 0) is 42.9 Å². The number of hydrogen-bond donors (Lipinski definition) is 11. The number of carboxylic acid groups (broad SMARTS) is 3. The Morgan fingerprint density at radius 2 is 1.39 bits per heavy atom. The second-order valence-corrected chi connectivity index (χ2v) is 14.9. The van der Waals surface area contributed by atoms with Crippen LogP contribution in [0.2, 0.25) is 0 Å². The van der Waals surface area contributed by atoms with E-state index in [9.17, 15) is 43.8 Å². The molecule has 356 valence electrons. The lowest BCUT2D eigenvalue weighted by Crippen LogP contribution is -2.57. The Balaban J connectivity index is 1.04. The van der Waals surface area contributed by atoms with Crippen LogP contribution >= 0.6 is 24.8 Å². The minimum atomic E-state index is -1.62. The third-order valence-electron chi connectivity index (χ3n) is 9.24. The molecule has 3 amide bonds. The maximum absolute atomic E-state index is 12.5. The molecule has 24 heteroatoms. The zero-order valence-corrected chi connectivity index (χ0v) is 37.0. The molecule has 2 aromatic rings. The van der Waals surface area contributed by atoms with Gasteiger partial charge in [0.05, 0.1) is 64.8 Å². The van der Waals surface area contributed by atoms with E-state index in [-0.39, 0.29) is 78.3 Å². The lowest BCUT2D eigenvalue weighted by atomic mass is 9.90. The van der Waals surface area contributed by atoms with Crippen LogP contribution in [0.3, 0.4) is 0 Å². The number of benzene rings is 3. The molecule has 1 aliphatic carbocycles. The average Bonchev–Trinajstić information content (AvgIpc) is 3.27. The van der Waals surface area contributed by atoms with E-state index < -0.39 is 60.2 Å². The molecule has 0 spiro atoms. The summed E-state index contributed by atoms with van der Waals surface area (Å²) in [7, 11) is 0. The fraction of sp³-hybridized carbons (Fsp3) is 0.381. The second kappa shape index (κ2) is 26.5. The van der Waals surface area contributed by atoms with E-state index in [0.29, 0.717) is 60.7 Å². The number of aromatic carboxylic acids is 1. The highest BCUT2D eigenvalue weighted by Crippen LogP contribution is 2.42. The van der Waals surface area contributed by atoms with E-state index in [0.717, 1.165) is 0 Å². The zero-order valence-electron chi connectivity index (χ0n) is 35.2. The number of carbonyl (C=O) groups excluding carboxylic acids is 3. The molecule has 2 aliphatic rings. The van der Waals surface area contributed by atoms with Gasteiger partial charge in [0, 0.05) is 59.6 Å². The summed E-state index contributed by atoms with van der Waals surface area (Å²) in [6.07, 6.45) is -0.907. The molecule has 0 saturated heterocycles. The lowest BCUT2D eigenvalue weighted by molar-refractivity contribution is -0.143. The maximum Gasteiger partial charge on any atom is 0.336 e. The number of aromatic hydroxyl groups is 1. The number of fused-ring (bicyclic) bond motifs is 2. The number of phenols is 1. The number of carbonyl (C=O) groups is 6. The van der Waals surface area contributed by atoms with Crippen LogP contribution < -0.4 is 37.7 Å². The van der Waals surface area contributed by atoms with E-state index >= 15 is 0 Å². The van der Waals surface area contributed by atoms with Crippen molar-refractivity contribution in [2.75, 3.05) is 77.0 Å². The smallest absolute Gasteiger partial charge is 0.336 e. The summed E-state index contributed by atoms with van der Waals surface area (Å²) in [6, 6.07) is 9.10. The molecule has 0 radical (unpaired) electrons. The lowest BCUT2D eigenvalue weighted by Gasteiger charge is -2.21. The first-order valence-corrected chi connectivity index (χ1v) is 21.2. The van der Waals surface area contributed by atoms with E-state index in [2.05, 4.69) is 39.2 Å². The summed E-state index contributed by atoms with van der Waals surface area (Å²) in [5, 5.41) is 51.8. The third-order valence-corrected chi connectivity index (χ3v) is 9.85. The Kier molecular flexibility index (Phi) is 21.0. The van der Waals surface area contributed by atoms with E-state index in [1.165, 1.54) is 30.3 Å². The quantitative estimate of drug-likeness (QED) is 0.0161. The second-order valence-electron chi connectivity index (χ2n) is 14.1. The Labute approximate surface area is 387 Å². The number of carboxylic acids is 3. The summed E-state index contributed by atoms with van der Waals surface area (Å²) in [6.45, 7) is 1.93. The van der Waals surface area contributed by atoms with Crippen LogP contribution in [0.25, 0.3) is 33.4 Å². The molecule has 0 fully saturated rings. The van der Waals surface area contributed by atoms with E-state index in [1.807, 2.05) is 0 Å². The van der Waals surface area contributed by atoms with Crippen LogP contribution in [0.5, 0.6) is 5.75 Å². The van der Waals surface area contributed by atoms with Gasteiger partial charge in [0.2, 0.25) is 17.7 Å². The van der Waals surface area contributed by atoms with Gasteiger partial charge in [0.15, 0.2) is 10.5 Å². The average molecular weight is 959 g/mol. The molecule has 4 rings (SSSR count). The number of ether oxygens (including phenoxy) is 4. The molecule has 3 atom stereocenters. The predicted octanol–water partition coefficient (Wildman–Crippen LogP) is 0.614. The van der Waals surface area contributed by atoms with Gasteiger partial charge in [-0.1, -0.05) is 6.07 Å². The molecule has 1 heterocycles. The van der Waals surface area contributed by atoms with E-state index in [1.54, 1.807) is 24.3 Å². The standard InChI is InChI=1S/C42H50N6O16S2/c43-30(38(54)47-31(20-36(52)53)39(55)48-32(22-65)41(58)59)21-45-35(51)7-9-60-11-13-62-15-16-63-14-12-61-10-8-44-42(66)46-23-1-4-26(29(17-23)40(56)57)37-27-5-2-24(49)18-33(27)64-34-19-25(50)3-6-28(34)37/h1-6,17-19,30-32,49,65H,7-16,20-22,43H2,(H,45,51)(H,47,54)(H,48,55)(H,52,53)(H,56,57)(H,58,59)(H2,44,46,66)/t30-,31-,32-/m0/s1. The Hall–Kier alpha value is -6.41. The predicted molar refractivity (Wildman–Crippen MR) is 244 cm³/mol. The number of rotatable bonds is 28. The largest absolute Gasteiger partial charge is 0.508 e. The SMILES string of the molecule is N[C@@H](CNC(=O)CCOCCOCCOCCOCCNC(=S)Nc1ccc(-c2c3ccc(=O)cc-3oc3cc(O)ccc23)c(C(=O)O)c1)C(=O)N[C@@H](CC(=O)O)C(=O)N[C@@H](CS)C(=O)O. The maximum atomic E-state index is 12.5. The topological polar surface area (TPSA) is 337 Å². The fourth-order valence-corrected chi connectivity index (χ4v) is 6.50. The molecule has 0 unspecified atom stereocenters. The number of anilines is 1. The van der Waals surface area contributed by atoms with Crippen molar-refractivity contribution in [1.82, 2.24) is 21.3 Å². The Morgan fingerprint density at radius 3 is 2.03 bits per heavy atom. The fourth-order valence-electron chi connectivity index (χ4n) is 6.03. The molecule has 0 aromatic heterocycles. The first-order valence-electron chi connectivity index (χ1n) is 20.2. The summed E-state index contributed by atoms with van der Waals surface area (Å²) in [5.41, 5.74) is 7.55. The highest BCUT2D eigenvalue weighted by atomic mass is 32.1. The van der Waals surface area contributed by atoms with Gasteiger partial charge in [-0.2, -0.15) is 12.6 Å². The minimum absolute atomic E-state index is 0.0338. The van der Waals surface area contributed by atoms with Crippen molar-refractivity contribution in [3.8, 4) is 28.2 Å². The third kappa shape index (κ3) is 16.5. The Bertz CT molecular complexity index is 2380. The van der Waals surface area contributed by atoms with Crippen molar-refractivity contribution in [2.45, 2.75) is 31.0 Å². The van der Waals surface area contributed by atoms with Gasteiger partial charge in [-0.15, -0.1) is 0 Å². The first kappa shape index (κ1) is 52.2. The van der Waals surface area contributed by atoms with Crippen LogP contribution in [0, 0.1) is 0 Å². The van der Waals surface area contributed by atoms with E-state index in [4.69, 9.17) is 51.5 Å². The van der Waals surface area contributed by atoms with Crippen LogP contribution in [0.4, 0.5) is 5.69 Å². The molecule has 0 saturated carbocycles. The van der Waals surface area contributed by atoms with Gasteiger partial charge < -0.3 is 76.1 Å². The highest BCUT2D eigenvalue weighted by molar-refractivity contribution is 7.80. The van der Waals surface area contributed by atoms with Gasteiger partial charge >= 0.3 is 17.9 Å². The normalized spacial score (nSPS) is 12.5. The summed E-state index contributed by atoms with van der Waals surface area (Å²) in [4.78, 5) is 83.9. The van der Waals surface area contributed by atoms with Gasteiger partial charge in [0.1, 0.15) is 35.2 Å². The van der Waals surface area contributed by atoms with Crippen molar-refractivity contribution >= 4 is 82.2 Å².